The molecule has 1 aliphatic heterocycles. The highest BCUT2D eigenvalue weighted by Crippen LogP contribution is 2.36. The first-order valence-electron chi connectivity index (χ1n) is 4.94. The number of hydrogen-bond acceptors (Lipinski definition) is 6. The van der Waals surface area contributed by atoms with Gasteiger partial charge in [-0.2, -0.15) is 4.98 Å². The van der Waals surface area contributed by atoms with Crippen LogP contribution in [0, 0.1) is 0 Å². The fraction of sp³-hybridized carbons (Fsp3) is 0.400. The van der Waals surface area contributed by atoms with E-state index in [1.54, 1.807) is 0 Å². The Labute approximate surface area is 93.0 Å². The van der Waals surface area contributed by atoms with Crippen molar-refractivity contribution in [1.82, 2.24) is 4.98 Å². The number of aromatic nitrogens is 1. The van der Waals surface area contributed by atoms with Gasteiger partial charge in [0, 0.05) is 23.2 Å². The van der Waals surface area contributed by atoms with Gasteiger partial charge in [-0.15, -0.1) is 0 Å². The van der Waals surface area contributed by atoms with Crippen LogP contribution in [0.4, 0.5) is 11.5 Å². The van der Waals surface area contributed by atoms with Crippen LogP contribution in [-0.2, 0) is 13.0 Å². The van der Waals surface area contributed by atoms with Crippen LogP contribution in [0.25, 0.3) is 0 Å². The van der Waals surface area contributed by atoms with Gasteiger partial charge >= 0.3 is 0 Å². The van der Waals surface area contributed by atoms with Gasteiger partial charge in [0.15, 0.2) is 0 Å². The number of aliphatic hydroxyl groups is 1. The molecule has 16 heavy (non-hydrogen) atoms. The molecular weight excluding hydrogens is 208 g/mol. The number of nitrogens with two attached hydrogens (primary N) is 2. The average molecular weight is 222 g/mol. The van der Waals surface area contributed by atoms with Crippen molar-refractivity contribution in [3.8, 4) is 5.88 Å². The molecule has 86 valence electrons. The number of nitrogen functional groups attached to an aromatic ring is 2. The Bertz CT molecular complexity index is 433. The molecule has 0 aromatic carbocycles. The summed E-state index contributed by atoms with van der Waals surface area (Å²) in [5.41, 5.74) is 13.7. The minimum atomic E-state index is -0.281. The summed E-state index contributed by atoms with van der Waals surface area (Å²) in [6, 6.07) is 0. The number of nitrogens with zero attached hydrogens (tertiary/aromatic N) is 2. The number of aliphatic hydroxyl groups excluding tert-OH is 1. The van der Waals surface area contributed by atoms with E-state index in [2.05, 4.69) is 16.7 Å². The third kappa shape index (κ3) is 1.57. The molecule has 0 bridgehead atoms. The summed E-state index contributed by atoms with van der Waals surface area (Å²) in [6.07, 6.45) is 0.269. The van der Waals surface area contributed by atoms with Gasteiger partial charge in [-0.05, 0) is 6.72 Å². The van der Waals surface area contributed by atoms with Crippen LogP contribution in [0.3, 0.4) is 0 Å². The zero-order valence-electron chi connectivity index (χ0n) is 8.81. The average Bonchev–Trinajstić information content (AvgIpc) is 2.67. The van der Waals surface area contributed by atoms with E-state index in [4.69, 9.17) is 21.3 Å². The molecule has 0 fully saturated rings. The summed E-state index contributed by atoms with van der Waals surface area (Å²) in [4.78, 5) is 7.86. The maximum atomic E-state index is 9.02. The van der Waals surface area contributed by atoms with Gasteiger partial charge in [0.25, 0.3) is 0 Å². The Morgan fingerprint density at radius 3 is 2.94 bits per heavy atom. The van der Waals surface area contributed by atoms with E-state index < -0.39 is 0 Å². The lowest BCUT2D eigenvalue weighted by atomic mass is 10.1. The molecule has 0 radical (unpaired) electrons. The standard InChI is InChI=1S/C10H14N4O2/c1-13-3-7-8(11)6-2-5(4-15)16-10(6)14-9(7)12/h5,15H,1-4H2,(H4,11,12,14). The van der Waals surface area contributed by atoms with Crippen molar-refractivity contribution in [3.05, 3.63) is 11.1 Å². The highest BCUT2D eigenvalue weighted by atomic mass is 16.5. The van der Waals surface area contributed by atoms with Gasteiger partial charge in [-0.1, -0.05) is 0 Å². The minimum Gasteiger partial charge on any atom is -0.471 e. The smallest absolute Gasteiger partial charge is 0.221 e. The quantitative estimate of drug-likeness (QED) is 0.611. The summed E-state index contributed by atoms with van der Waals surface area (Å²) in [7, 11) is 0. The number of ether oxygens (including phenoxy) is 1. The van der Waals surface area contributed by atoms with Gasteiger partial charge in [0.2, 0.25) is 5.88 Å². The Kier molecular flexibility index (Phi) is 2.66. The predicted octanol–water partition coefficient (Wildman–Crippen LogP) is -0.258. The van der Waals surface area contributed by atoms with Crippen molar-refractivity contribution in [2.24, 2.45) is 4.99 Å². The highest BCUT2D eigenvalue weighted by Gasteiger charge is 2.28. The fourth-order valence-electron chi connectivity index (χ4n) is 1.78. The molecule has 0 aliphatic carbocycles. The summed E-state index contributed by atoms with van der Waals surface area (Å²) in [6.45, 7) is 3.67. The van der Waals surface area contributed by atoms with Crippen molar-refractivity contribution in [1.29, 1.82) is 0 Å². The first-order chi connectivity index (χ1) is 7.67. The van der Waals surface area contributed by atoms with Crippen molar-refractivity contribution >= 4 is 18.2 Å². The van der Waals surface area contributed by atoms with Crippen LogP contribution in [0.15, 0.2) is 4.99 Å². The molecule has 0 saturated carbocycles. The summed E-state index contributed by atoms with van der Waals surface area (Å²) >= 11 is 0. The van der Waals surface area contributed by atoms with E-state index in [9.17, 15) is 0 Å². The van der Waals surface area contributed by atoms with Gasteiger partial charge < -0.3 is 21.3 Å². The van der Waals surface area contributed by atoms with Gasteiger partial charge in [0.05, 0.1) is 13.2 Å². The number of anilines is 2. The molecule has 2 rings (SSSR count). The lowest BCUT2D eigenvalue weighted by molar-refractivity contribution is 0.131. The first-order valence-corrected chi connectivity index (χ1v) is 4.94. The molecule has 2 heterocycles. The van der Waals surface area contributed by atoms with Crippen molar-refractivity contribution < 1.29 is 9.84 Å². The highest BCUT2D eigenvalue weighted by molar-refractivity contribution is 5.66. The zero-order chi connectivity index (χ0) is 11.7. The normalized spacial score (nSPS) is 17.9. The molecule has 0 amide bonds. The molecule has 6 nitrogen and oxygen atoms in total. The number of pyridine rings is 1. The Hall–Kier alpha value is -1.82. The molecule has 1 atom stereocenters. The number of aliphatic imine (C=N–C) groups is 1. The molecule has 1 aromatic rings. The van der Waals surface area contributed by atoms with Crippen molar-refractivity contribution in [3.63, 3.8) is 0 Å². The van der Waals surface area contributed by atoms with E-state index in [-0.39, 0.29) is 12.7 Å². The first kappa shape index (κ1) is 10.7. The molecule has 0 saturated heterocycles. The molecular formula is C10H14N4O2. The van der Waals surface area contributed by atoms with Gasteiger partial charge in [-0.25, -0.2) is 0 Å². The fourth-order valence-corrected chi connectivity index (χ4v) is 1.78. The molecule has 1 aliphatic rings. The van der Waals surface area contributed by atoms with E-state index in [0.29, 0.717) is 35.9 Å². The van der Waals surface area contributed by atoms with Crippen LogP contribution < -0.4 is 16.2 Å². The van der Waals surface area contributed by atoms with Crippen LogP contribution in [0.2, 0.25) is 0 Å². The monoisotopic (exact) mass is 222 g/mol. The Balaban J connectivity index is 2.45. The molecule has 1 aromatic heterocycles. The molecule has 0 spiro atoms. The third-order valence-electron chi connectivity index (χ3n) is 2.62. The van der Waals surface area contributed by atoms with Crippen LogP contribution in [-0.4, -0.2) is 29.5 Å². The second-order valence-corrected chi connectivity index (χ2v) is 3.68. The largest absolute Gasteiger partial charge is 0.471 e. The zero-order valence-corrected chi connectivity index (χ0v) is 8.81. The number of fused-ring (bicyclic) bond motifs is 1. The van der Waals surface area contributed by atoms with E-state index in [1.165, 1.54) is 0 Å². The van der Waals surface area contributed by atoms with Gasteiger partial charge in [-0.3, -0.25) is 4.99 Å². The maximum absolute atomic E-state index is 9.02. The summed E-state index contributed by atoms with van der Waals surface area (Å²) in [5.74, 6) is 0.726. The second-order valence-electron chi connectivity index (χ2n) is 3.68. The lowest BCUT2D eigenvalue weighted by Gasteiger charge is -2.09. The lowest BCUT2D eigenvalue weighted by Crippen LogP contribution is -2.17. The van der Waals surface area contributed by atoms with Gasteiger partial charge in [0.1, 0.15) is 11.9 Å². The third-order valence-corrected chi connectivity index (χ3v) is 2.62. The second kappa shape index (κ2) is 3.97. The van der Waals surface area contributed by atoms with Crippen molar-refractivity contribution in [2.45, 2.75) is 19.1 Å². The number of rotatable bonds is 3. The summed E-state index contributed by atoms with van der Waals surface area (Å²) in [5, 5.41) is 9.02. The predicted molar refractivity (Wildman–Crippen MR) is 61.5 cm³/mol. The van der Waals surface area contributed by atoms with Crippen LogP contribution in [0.5, 0.6) is 5.88 Å². The Morgan fingerprint density at radius 1 is 1.56 bits per heavy atom. The maximum Gasteiger partial charge on any atom is 0.221 e. The molecule has 5 N–H and O–H groups in total. The topological polar surface area (TPSA) is 107 Å². The summed E-state index contributed by atoms with van der Waals surface area (Å²) < 4.78 is 5.38. The van der Waals surface area contributed by atoms with E-state index in [0.717, 1.165) is 5.56 Å². The SMILES string of the molecule is C=NCc1c(N)nc2c(c1N)CC(CO)O2. The van der Waals surface area contributed by atoms with Crippen LogP contribution in [0.1, 0.15) is 11.1 Å². The molecule has 1 unspecified atom stereocenters. The van der Waals surface area contributed by atoms with E-state index in [1.807, 2.05) is 0 Å². The van der Waals surface area contributed by atoms with Crippen LogP contribution >= 0.6 is 0 Å². The Morgan fingerprint density at radius 2 is 2.31 bits per heavy atom. The number of hydrogen-bond donors (Lipinski definition) is 3. The molecule has 6 heteroatoms. The van der Waals surface area contributed by atoms with E-state index >= 15 is 0 Å². The van der Waals surface area contributed by atoms with Crippen molar-refractivity contribution in [2.75, 3.05) is 18.1 Å². The minimum absolute atomic E-state index is 0.0647.